The predicted octanol–water partition coefficient (Wildman–Crippen LogP) is 5.20. The number of ether oxygens (including phenoxy) is 1. The largest absolute Gasteiger partial charge is 0.383 e. The molecule has 0 aliphatic rings. The van der Waals surface area contributed by atoms with Crippen LogP contribution in [0.15, 0.2) is 91.2 Å². The molecule has 2 nitrogen and oxygen atoms in total. The summed E-state index contributed by atoms with van der Waals surface area (Å²) in [7, 11) is 1.73. The zero-order valence-corrected chi connectivity index (χ0v) is 14.5. The van der Waals surface area contributed by atoms with Gasteiger partial charge in [-0.1, -0.05) is 73.3 Å². The molecule has 3 aromatic rings. The van der Waals surface area contributed by atoms with Crippen molar-refractivity contribution in [3.8, 4) is 0 Å². The van der Waals surface area contributed by atoms with Crippen LogP contribution >= 0.6 is 0 Å². The Bertz CT molecular complexity index is 865. The lowest BCUT2D eigenvalue weighted by atomic mass is 9.99. The molecule has 0 heterocycles. The highest BCUT2D eigenvalue weighted by atomic mass is 16.5. The van der Waals surface area contributed by atoms with Gasteiger partial charge in [-0.25, -0.2) is 0 Å². The predicted molar refractivity (Wildman–Crippen MR) is 105 cm³/mol. The second-order valence-corrected chi connectivity index (χ2v) is 6.04. The van der Waals surface area contributed by atoms with Crippen LogP contribution in [0.5, 0.6) is 0 Å². The summed E-state index contributed by atoms with van der Waals surface area (Å²) >= 11 is 0. The van der Waals surface area contributed by atoms with E-state index in [9.17, 15) is 0 Å². The van der Waals surface area contributed by atoms with Crippen molar-refractivity contribution in [2.24, 2.45) is 0 Å². The lowest BCUT2D eigenvalue weighted by Gasteiger charge is -2.24. The molecule has 3 rings (SSSR count). The van der Waals surface area contributed by atoms with Gasteiger partial charge in [-0.05, 0) is 34.0 Å². The number of fused-ring (bicyclic) bond motifs is 1. The molecular weight excluding hydrogens is 306 g/mol. The van der Waals surface area contributed by atoms with Gasteiger partial charge >= 0.3 is 0 Å². The molecule has 0 amide bonds. The average molecular weight is 329 g/mol. The Morgan fingerprint density at radius 3 is 2.40 bits per heavy atom. The molecule has 0 fully saturated rings. The first-order valence-electron chi connectivity index (χ1n) is 8.46. The van der Waals surface area contributed by atoms with Gasteiger partial charge in [0.2, 0.25) is 0 Å². The Kier molecular flexibility index (Phi) is 5.81. The molecule has 0 unspecified atom stereocenters. The van der Waals surface area contributed by atoms with Crippen LogP contribution in [0.3, 0.4) is 0 Å². The second kappa shape index (κ2) is 8.46. The van der Waals surface area contributed by atoms with E-state index in [1.807, 2.05) is 24.3 Å². The molecule has 0 radical (unpaired) electrons. The van der Waals surface area contributed by atoms with Gasteiger partial charge < -0.3 is 4.74 Å². The Morgan fingerprint density at radius 2 is 1.68 bits per heavy atom. The average Bonchev–Trinajstić information content (AvgIpc) is 2.67. The molecule has 2 heteroatoms. The Hall–Kier alpha value is -2.64. The Balaban J connectivity index is 1.92. The van der Waals surface area contributed by atoms with Gasteiger partial charge in [-0.3, -0.25) is 5.32 Å². The van der Waals surface area contributed by atoms with Crippen molar-refractivity contribution in [2.45, 2.75) is 12.1 Å². The zero-order chi connectivity index (χ0) is 17.5. The summed E-state index contributed by atoms with van der Waals surface area (Å²) in [5, 5.41) is 6.14. The molecule has 0 bridgehead atoms. The minimum absolute atomic E-state index is 0.0162. The monoisotopic (exact) mass is 329 g/mol. The summed E-state index contributed by atoms with van der Waals surface area (Å²) in [6, 6.07) is 25.4. The smallest absolute Gasteiger partial charge is 0.0657 e. The van der Waals surface area contributed by atoms with Crippen molar-refractivity contribution < 1.29 is 4.74 Å². The first-order chi connectivity index (χ1) is 12.3. The number of methoxy groups -OCH3 is 1. The van der Waals surface area contributed by atoms with E-state index in [4.69, 9.17) is 4.74 Å². The maximum absolute atomic E-state index is 5.43. The fourth-order valence-corrected chi connectivity index (χ4v) is 3.07. The molecule has 25 heavy (non-hydrogen) atoms. The zero-order valence-electron chi connectivity index (χ0n) is 14.5. The molecular formula is C23H23NO. The van der Waals surface area contributed by atoms with Gasteiger partial charge in [-0.2, -0.15) is 0 Å². The van der Waals surface area contributed by atoms with Gasteiger partial charge in [0.25, 0.3) is 0 Å². The minimum Gasteiger partial charge on any atom is -0.383 e. The van der Waals surface area contributed by atoms with E-state index in [1.165, 1.54) is 21.9 Å². The molecule has 0 saturated heterocycles. The van der Waals surface area contributed by atoms with Crippen molar-refractivity contribution in [3.63, 3.8) is 0 Å². The van der Waals surface area contributed by atoms with Crippen molar-refractivity contribution in [1.82, 2.24) is 5.32 Å². The number of hydrogen-bond donors (Lipinski definition) is 1. The summed E-state index contributed by atoms with van der Waals surface area (Å²) in [6.45, 7) is 4.36. The first-order valence-corrected chi connectivity index (χ1v) is 8.46. The van der Waals surface area contributed by atoms with Crippen molar-refractivity contribution in [1.29, 1.82) is 0 Å². The van der Waals surface area contributed by atoms with E-state index < -0.39 is 0 Å². The normalized spacial score (nSPS) is 13.2. The fraction of sp³-hybridized carbons (Fsp3) is 0.174. The highest BCUT2D eigenvalue weighted by Crippen LogP contribution is 2.24. The third-order valence-electron chi connectivity index (χ3n) is 4.33. The Labute approximate surface area is 149 Å². The van der Waals surface area contributed by atoms with Crippen LogP contribution in [0.4, 0.5) is 0 Å². The number of nitrogens with one attached hydrogen (secondary N) is 1. The van der Waals surface area contributed by atoms with Crippen LogP contribution in [0.25, 0.3) is 10.8 Å². The van der Waals surface area contributed by atoms with Crippen LogP contribution in [-0.4, -0.2) is 13.7 Å². The van der Waals surface area contributed by atoms with Crippen molar-refractivity contribution in [2.75, 3.05) is 13.7 Å². The van der Waals surface area contributed by atoms with E-state index in [-0.39, 0.29) is 12.1 Å². The van der Waals surface area contributed by atoms with E-state index in [0.29, 0.717) is 6.61 Å². The lowest BCUT2D eigenvalue weighted by Crippen LogP contribution is -2.28. The van der Waals surface area contributed by atoms with Crippen LogP contribution in [0, 0.1) is 0 Å². The summed E-state index contributed by atoms with van der Waals surface area (Å²) in [5.74, 6) is 0. The molecule has 0 aliphatic carbocycles. The fourth-order valence-electron chi connectivity index (χ4n) is 3.07. The van der Waals surface area contributed by atoms with Gasteiger partial charge in [0.05, 0.1) is 18.7 Å². The molecule has 0 aromatic heterocycles. The van der Waals surface area contributed by atoms with Crippen molar-refractivity contribution >= 4 is 10.8 Å². The standard InChI is InChI=1S/C23H23NO/c1-3-9-22(21-15-14-18-10-7-8-13-20(18)16-21)24-23(17-25-2)19-11-5-4-6-12-19/h4-16,22-24H,1,17H2,2H3/t22-,23+/m1/s1. The maximum Gasteiger partial charge on any atom is 0.0657 e. The summed E-state index contributed by atoms with van der Waals surface area (Å²) in [5.41, 5.74) is 5.32. The molecule has 0 spiro atoms. The Morgan fingerprint density at radius 1 is 0.960 bits per heavy atom. The highest BCUT2D eigenvalue weighted by Gasteiger charge is 2.17. The summed E-state index contributed by atoms with van der Waals surface area (Å²) in [6.07, 6.45) is 1.97. The molecule has 3 aromatic carbocycles. The topological polar surface area (TPSA) is 21.3 Å². The second-order valence-electron chi connectivity index (χ2n) is 6.04. The van der Waals surface area contributed by atoms with Crippen LogP contribution < -0.4 is 5.32 Å². The van der Waals surface area contributed by atoms with E-state index >= 15 is 0 Å². The van der Waals surface area contributed by atoms with Gasteiger partial charge in [0.1, 0.15) is 0 Å². The third-order valence-corrected chi connectivity index (χ3v) is 4.33. The number of hydrogen-bond acceptors (Lipinski definition) is 2. The maximum atomic E-state index is 5.43. The first kappa shape index (κ1) is 17.2. The van der Waals surface area contributed by atoms with Gasteiger partial charge in [0.15, 0.2) is 0 Å². The molecule has 126 valence electrons. The van der Waals surface area contributed by atoms with E-state index in [2.05, 4.69) is 72.2 Å². The van der Waals surface area contributed by atoms with Crippen LogP contribution in [0.1, 0.15) is 23.2 Å². The number of rotatable bonds is 7. The van der Waals surface area contributed by atoms with Gasteiger partial charge in [0, 0.05) is 7.11 Å². The molecule has 2 atom stereocenters. The highest BCUT2D eigenvalue weighted by molar-refractivity contribution is 5.83. The SMILES string of the molecule is C=C=C[C@@H](N[C@@H](COC)c1ccccc1)c1ccc2ccccc2c1. The van der Waals surface area contributed by atoms with Crippen LogP contribution in [-0.2, 0) is 4.74 Å². The van der Waals surface area contributed by atoms with Crippen molar-refractivity contribution in [3.05, 3.63) is 102 Å². The third kappa shape index (κ3) is 4.26. The molecule has 0 aliphatic heterocycles. The quantitative estimate of drug-likeness (QED) is 0.602. The summed E-state index contributed by atoms with van der Waals surface area (Å²) < 4.78 is 5.43. The number of benzene rings is 3. The van der Waals surface area contributed by atoms with Crippen LogP contribution in [0.2, 0.25) is 0 Å². The molecule has 0 saturated carbocycles. The molecule has 1 N–H and O–H groups in total. The lowest BCUT2D eigenvalue weighted by molar-refractivity contribution is 0.163. The van der Waals surface area contributed by atoms with E-state index in [0.717, 1.165) is 0 Å². The van der Waals surface area contributed by atoms with Gasteiger partial charge in [-0.15, -0.1) is 5.73 Å². The summed E-state index contributed by atoms with van der Waals surface area (Å²) in [4.78, 5) is 0. The minimum atomic E-state index is 0.0162. The van der Waals surface area contributed by atoms with E-state index in [1.54, 1.807) is 7.11 Å².